The Morgan fingerprint density at radius 3 is 1.43 bits per heavy atom. The lowest BCUT2D eigenvalue weighted by Gasteiger charge is -2.23. The molecule has 10 nitrogen and oxygen atoms in total. The van der Waals surface area contributed by atoms with Gasteiger partial charge >= 0.3 is 24.1 Å². The van der Waals surface area contributed by atoms with Crippen molar-refractivity contribution >= 4 is 24.1 Å². The first kappa shape index (κ1) is 25.1. The topological polar surface area (TPSA) is 129 Å². The molecule has 2 N–H and O–H groups in total. The Hall–Kier alpha value is -2.96. The van der Waals surface area contributed by atoms with E-state index < -0.39 is 47.4 Å². The van der Waals surface area contributed by atoms with Crippen LogP contribution in [0, 0.1) is 11.8 Å². The summed E-state index contributed by atoms with van der Waals surface area (Å²) < 4.78 is 20.3. The molecule has 2 amide bonds. The molecule has 1 aliphatic heterocycles. The largest absolute Gasteiger partial charge is 0.461 e. The second kappa shape index (κ2) is 10.7. The number of carbonyl (C=O) groups is 4. The minimum Gasteiger partial charge on any atom is -0.461 e. The first-order chi connectivity index (χ1) is 13.8. The van der Waals surface area contributed by atoms with Crippen molar-refractivity contribution in [3.05, 3.63) is 0 Å². The molecule has 0 saturated carbocycles. The molecule has 168 valence electrons. The summed E-state index contributed by atoms with van der Waals surface area (Å²) in [4.78, 5) is 48.3. The third kappa shape index (κ3) is 10.5. The molecule has 0 fully saturated rings. The number of amides is 2. The summed E-state index contributed by atoms with van der Waals surface area (Å²) in [6, 6.07) is -2.11. The zero-order chi connectivity index (χ0) is 22.9. The first-order valence-electron chi connectivity index (χ1n) is 9.55. The van der Waals surface area contributed by atoms with Gasteiger partial charge in [0.05, 0.1) is 0 Å². The average molecular weight is 426 g/mol. The van der Waals surface area contributed by atoms with Crippen molar-refractivity contribution in [2.75, 3.05) is 13.2 Å². The van der Waals surface area contributed by atoms with Crippen LogP contribution in [0.4, 0.5) is 9.59 Å². The number of cyclic esters (lactones) is 2. The van der Waals surface area contributed by atoms with E-state index in [9.17, 15) is 19.2 Å². The summed E-state index contributed by atoms with van der Waals surface area (Å²) in [5.74, 6) is 3.95. The van der Waals surface area contributed by atoms with Gasteiger partial charge in [-0.25, -0.2) is 19.2 Å². The molecule has 1 rings (SSSR count). The Morgan fingerprint density at radius 1 is 0.800 bits per heavy atom. The molecule has 0 aromatic rings. The molecule has 0 aliphatic carbocycles. The van der Waals surface area contributed by atoms with Crippen LogP contribution in [0.5, 0.6) is 0 Å². The predicted octanol–water partition coefficient (Wildman–Crippen LogP) is 1.66. The summed E-state index contributed by atoms with van der Waals surface area (Å²) in [5.41, 5.74) is -1.47. The van der Waals surface area contributed by atoms with E-state index in [-0.39, 0.29) is 26.1 Å². The summed E-state index contributed by atoms with van der Waals surface area (Å²) >= 11 is 0. The Morgan fingerprint density at radius 2 is 1.13 bits per heavy atom. The first-order valence-corrected chi connectivity index (χ1v) is 9.55. The van der Waals surface area contributed by atoms with Crippen LogP contribution < -0.4 is 10.6 Å². The highest BCUT2D eigenvalue weighted by atomic mass is 16.6. The van der Waals surface area contributed by atoms with Gasteiger partial charge in [-0.2, -0.15) is 0 Å². The number of ether oxygens (including phenoxy) is 4. The average Bonchev–Trinajstić information content (AvgIpc) is 2.55. The molecule has 2 atom stereocenters. The van der Waals surface area contributed by atoms with Gasteiger partial charge in [-0.05, 0) is 41.5 Å². The highest BCUT2D eigenvalue weighted by Gasteiger charge is 2.27. The summed E-state index contributed by atoms with van der Waals surface area (Å²) in [6.07, 6.45) is -1.69. The fourth-order valence-electron chi connectivity index (χ4n) is 2.12. The summed E-state index contributed by atoms with van der Waals surface area (Å²) in [7, 11) is 0. The van der Waals surface area contributed by atoms with Crippen LogP contribution in [-0.2, 0) is 28.5 Å². The van der Waals surface area contributed by atoms with Gasteiger partial charge in [-0.3, -0.25) is 0 Å². The van der Waals surface area contributed by atoms with Gasteiger partial charge in [-0.15, -0.1) is 11.8 Å². The Kier molecular flexibility index (Phi) is 8.95. The van der Waals surface area contributed by atoms with Gasteiger partial charge in [0.2, 0.25) is 0 Å². The molecule has 0 bridgehead atoms. The van der Waals surface area contributed by atoms with Crippen LogP contribution in [0.3, 0.4) is 0 Å². The molecule has 1 aliphatic rings. The van der Waals surface area contributed by atoms with E-state index in [1.54, 1.807) is 41.5 Å². The van der Waals surface area contributed by atoms with Crippen molar-refractivity contribution < 1.29 is 38.1 Å². The number of hydrogen-bond donors (Lipinski definition) is 2. The maximum absolute atomic E-state index is 12.2. The monoisotopic (exact) mass is 426 g/mol. The lowest BCUT2D eigenvalue weighted by atomic mass is 10.1. The van der Waals surface area contributed by atoms with Crippen molar-refractivity contribution in [1.29, 1.82) is 0 Å². The molecule has 0 radical (unpaired) electrons. The van der Waals surface area contributed by atoms with Crippen molar-refractivity contribution in [1.82, 2.24) is 10.6 Å². The van der Waals surface area contributed by atoms with Crippen molar-refractivity contribution in [3.63, 3.8) is 0 Å². The second-order valence-electron chi connectivity index (χ2n) is 8.49. The third-order valence-electron chi connectivity index (χ3n) is 3.26. The molecule has 0 spiro atoms. The van der Waals surface area contributed by atoms with Crippen LogP contribution in [-0.4, -0.2) is 60.6 Å². The summed E-state index contributed by atoms with van der Waals surface area (Å²) in [5, 5.41) is 4.84. The minimum absolute atomic E-state index is 0.0632. The van der Waals surface area contributed by atoms with E-state index in [1.807, 2.05) is 0 Å². The van der Waals surface area contributed by atoms with E-state index in [0.29, 0.717) is 0 Å². The molecule has 10 heteroatoms. The number of esters is 2. The van der Waals surface area contributed by atoms with Crippen LogP contribution >= 0.6 is 0 Å². The Balaban J connectivity index is 2.84. The molecule has 0 saturated heterocycles. The minimum atomic E-state index is -1.06. The van der Waals surface area contributed by atoms with Crippen molar-refractivity contribution in [2.45, 2.75) is 77.7 Å². The van der Waals surface area contributed by atoms with Crippen LogP contribution in [0.2, 0.25) is 0 Å². The highest BCUT2D eigenvalue weighted by molar-refractivity contribution is 5.83. The predicted molar refractivity (Wildman–Crippen MR) is 105 cm³/mol. The highest BCUT2D eigenvalue weighted by Crippen LogP contribution is 2.09. The molecular formula is C20H30N2O8. The quantitative estimate of drug-likeness (QED) is 0.387. The normalized spacial score (nSPS) is 20.7. The maximum atomic E-state index is 12.2. The lowest BCUT2D eigenvalue weighted by Crippen LogP contribution is -2.45. The molecular weight excluding hydrogens is 396 g/mol. The van der Waals surface area contributed by atoms with Gasteiger partial charge in [0.15, 0.2) is 0 Å². The molecule has 0 aromatic carbocycles. The van der Waals surface area contributed by atoms with E-state index >= 15 is 0 Å². The lowest BCUT2D eigenvalue weighted by molar-refractivity contribution is -0.154. The number of rotatable bonds is 2. The molecule has 1 heterocycles. The van der Waals surface area contributed by atoms with Crippen molar-refractivity contribution in [2.24, 2.45) is 0 Å². The molecule has 0 unspecified atom stereocenters. The van der Waals surface area contributed by atoms with Gasteiger partial charge in [0, 0.05) is 12.8 Å². The fraction of sp³-hybridized carbons (Fsp3) is 0.700. The molecule has 0 aromatic heterocycles. The molecule has 30 heavy (non-hydrogen) atoms. The number of nitrogens with one attached hydrogen (secondary N) is 2. The zero-order valence-electron chi connectivity index (χ0n) is 18.2. The van der Waals surface area contributed by atoms with Gasteiger partial charge in [0.1, 0.15) is 36.5 Å². The van der Waals surface area contributed by atoms with E-state index in [4.69, 9.17) is 18.9 Å². The van der Waals surface area contributed by atoms with Gasteiger partial charge < -0.3 is 29.6 Å². The summed E-state index contributed by atoms with van der Waals surface area (Å²) in [6.45, 7) is 9.72. The fourth-order valence-corrected chi connectivity index (χ4v) is 2.12. The van der Waals surface area contributed by atoms with Crippen LogP contribution in [0.15, 0.2) is 0 Å². The van der Waals surface area contributed by atoms with E-state index in [1.165, 1.54) is 0 Å². The van der Waals surface area contributed by atoms with E-state index in [2.05, 4.69) is 22.5 Å². The Bertz CT molecular complexity index is 651. The van der Waals surface area contributed by atoms with Gasteiger partial charge in [-0.1, -0.05) is 0 Å². The number of alkyl carbamates (subject to hydrolysis) is 2. The Labute approximate surface area is 176 Å². The van der Waals surface area contributed by atoms with Gasteiger partial charge in [0.25, 0.3) is 0 Å². The van der Waals surface area contributed by atoms with Crippen LogP contribution in [0.1, 0.15) is 54.4 Å². The zero-order valence-corrected chi connectivity index (χ0v) is 18.2. The maximum Gasteiger partial charge on any atom is 0.408 e. The SMILES string of the molecule is CC(C)(C)OC(=O)N[C@H]1CC#CC[C@@H](NC(=O)OC(C)(C)C)C(=O)OCCOC1=O. The smallest absolute Gasteiger partial charge is 0.408 e. The standard InChI is InChI=1S/C20H30N2O8/c1-19(2,3)29-17(25)21-13-9-7-8-10-14(22-18(26)30-20(4,5)6)16(24)28-12-11-27-15(13)23/h13-14H,9-12H2,1-6H3,(H,21,25)(H,22,26)/t13-,14+. The number of hydrogen-bond acceptors (Lipinski definition) is 8. The van der Waals surface area contributed by atoms with Crippen molar-refractivity contribution in [3.8, 4) is 11.8 Å². The van der Waals surface area contributed by atoms with Crippen LogP contribution in [0.25, 0.3) is 0 Å². The second-order valence-corrected chi connectivity index (χ2v) is 8.49. The van der Waals surface area contributed by atoms with E-state index in [0.717, 1.165) is 0 Å². The third-order valence-corrected chi connectivity index (χ3v) is 3.26. The number of carbonyl (C=O) groups excluding carboxylic acids is 4.